The number of hydrogen-bond donors (Lipinski definition) is 0. The van der Waals surface area contributed by atoms with Gasteiger partial charge in [-0.2, -0.15) is 5.26 Å². The van der Waals surface area contributed by atoms with Gasteiger partial charge < -0.3 is 0 Å². The summed E-state index contributed by atoms with van der Waals surface area (Å²) in [6, 6.07) is 2.29. The second kappa shape index (κ2) is 7.34. The molecule has 0 aromatic rings. The zero-order valence-electron chi connectivity index (χ0n) is 7.34. The van der Waals surface area contributed by atoms with Crippen molar-refractivity contribution in [1.82, 2.24) is 0 Å². The van der Waals surface area contributed by atoms with Crippen LogP contribution in [0.1, 0.15) is 39.0 Å². The summed E-state index contributed by atoms with van der Waals surface area (Å²) < 4.78 is 0. The minimum absolute atomic E-state index is 0.207. The average molecular weight is 151 g/mol. The van der Waals surface area contributed by atoms with E-state index >= 15 is 0 Å². The highest BCUT2D eigenvalue weighted by atomic mass is 14.3. The first-order chi connectivity index (χ1) is 5.35. The molecule has 0 bridgehead atoms. The van der Waals surface area contributed by atoms with Gasteiger partial charge in [0.05, 0.1) is 6.07 Å². The maximum absolute atomic E-state index is 8.66. The Bertz CT molecular complexity index is 132. The van der Waals surface area contributed by atoms with Crippen molar-refractivity contribution < 1.29 is 0 Å². The number of rotatable bonds is 6. The standard InChI is InChI=1S/C10H17N/c1-3-5-6-8-10(9-11)7-4-2/h4,10H,2-3,5-8H2,1H3. The summed E-state index contributed by atoms with van der Waals surface area (Å²) in [7, 11) is 0. The van der Waals surface area contributed by atoms with Crippen LogP contribution >= 0.6 is 0 Å². The smallest absolute Gasteiger partial charge is 0.0659 e. The molecular weight excluding hydrogens is 134 g/mol. The molecule has 0 aromatic heterocycles. The zero-order chi connectivity index (χ0) is 8.53. The molecule has 1 unspecified atom stereocenters. The molecule has 0 spiro atoms. The first kappa shape index (κ1) is 10.2. The van der Waals surface area contributed by atoms with E-state index in [4.69, 9.17) is 5.26 Å². The Morgan fingerprint density at radius 2 is 2.27 bits per heavy atom. The topological polar surface area (TPSA) is 23.8 Å². The van der Waals surface area contributed by atoms with E-state index in [1.54, 1.807) is 0 Å². The van der Waals surface area contributed by atoms with Gasteiger partial charge in [-0.25, -0.2) is 0 Å². The monoisotopic (exact) mass is 151 g/mol. The van der Waals surface area contributed by atoms with Gasteiger partial charge in [-0.3, -0.25) is 0 Å². The molecule has 0 amide bonds. The summed E-state index contributed by atoms with van der Waals surface area (Å²) >= 11 is 0. The predicted octanol–water partition coefficient (Wildman–Crippen LogP) is 3.28. The Hall–Kier alpha value is -0.770. The summed E-state index contributed by atoms with van der Waals surface area (Å²) in [5.41, 5.74) is 0. The minimum atomic E-state index is 0.207. The quantitative estimate of drug-likeness (QED) is 0.422. The number of unbranched alkanes of at least 4 members (excludes halogenated alkanes) is 2. The molecule has 0 aliphatic carbocycles. The Labute approximate surface area is 69.7 Å². The average Bonchev–Trinajstić information content (AvgIpc) is 2.03. The number of hydrogen-bond acceptors (Lipinski definition) is 1. The Balaban J connectivity index is 3.37. The summed E-state index contributed by atoms with van der Waals surface area (Å²) in [6.45, 7) is 5.80. The van der Waals surface area contributed by atoms with Crippen LogP contribution < -0.4 is 0 Å². The molecule has 0 N–H and O–H groups in total. The van der Waals surface area contributed by atoms with E-state index in [2.05, 4.69) is 19.6 Å². The molecule has 0 saturated heterocycles. The van der Waals surface area contributed by atoms with Crippen molar-refractivity contribution in [3.05, 3.63) is 12.7 Å². The lowest BCUT2D eigenvalue weighted by Gasteiger charge is -2.03. The van der Waals surface area contributed by atoms with E-state index in [0.717, 1.165) is 12.8 Å². The molecule has 11 heavy (non-hydrogen) atoms. The normalized spacial score (nSPS) is 12.0. The summed E-state index contributed by atoms with van der Waals surface area (Å²) in [4.78, 5) is 0. The number of allylic oxidation sites excluding steroid dienone is 1. The maximum Gasteiger partial charge on any atom is 0.0659 e. The van der Waals surface area contributed by atoms with Gasteiger partial charge in [-0.1, -0.05) is 32.3 Å². The SMILES string of the molecule is C=CCC(C#N)CCCCC. The fourth-order valence-electron chi connectivity index (χ4n) is 1.08. The van der Waals surface area contributed by atoms with E-state index in [-0.39, 0.29) is 5.92 Å². The lowest BCUT2D eigenvalue weighted by atomic mass is 10.00. The van der Waals surface area contributed by atoms with Crippen molar-refractivity contribution in [2.75, 3.05) is 0 Å². The first-order valence-electron chi connectivity index (χ1n) is 4.35. The van der Waals surface area contributed by atoms with E-state index < -0.39 is 0 Å². The Morgan fingerprint density at radius 3 is 2.73 bits per heavy atom. The van der Waals surface area contributed by atoms with Crippen LogP contribution in [0.3, 0.4) is 0 Å². The highest BCUT2D eigenvalue weighted by Gasteiger charge is 2.02. The largest absolute Gasteiger partial charge is 0.198 e. The lowest BCUT2D eigenvalue weighted by molar-refractivity contribution is 0.554. The third-order valence-corrected chi connectivity index (χ3v) is 1.79. The second-order valence-electron chi connectivity index (χ2n) is 2.85. The molecule has 0 rings (SSSR count). The van der Waals surface area contributed by atoms with Gasteiger partial charge in [0.15, 0.2) is 0 Å². The van der Waals surface area contributed by atoms with Gasteiger partial charge >= 0.3 is 0 Å². The third kappa shape index (κ3) is 5.66. The first-order valence-corrected chi connectivity index (χ1v) is 4.35. The van der Waals surface area contributed by atoms with Crippen molar-refractivity contribution in [2.45, 2.75) is 39.0 Å². The highest BCUT2D eigenvalue weighted by Crippen LogP contribution is 2.12. The fourth-order valence-corrected chi connectivity index (χ4v) is 1.08. The van der Waals surface area contributed by atoms with Crippen LogP contribution in [0, 0.1) is 17.2 Å². The van der Waals surface area contributed by atoms with Crippen LogP contribution in [0.25, 0.3) is 0 Å². The molecule has 0 fully saturated rings. The van der Waals surface area contributed by atoms with Crippen molar-refractivity contribution in [2.24, 2.45) is 5.92 Å². The van der Waals surface area contributed by atoms with E-state index in [1.807, 2.05) is 6.08 Å². The van der Waals surface area contributed by atoms with Crippen LogP contribution in [0.5, 0.6) is 0 Å². The van der Waals surface area contributed by atoms with Gasteiger partial charge in [-0.15, -0.1) is 6.58 Å². The Morgan fingerprint density at radius 1 is 1.55 bits per heavy atom. The number of nitriles is 1. The molecule has 0 aliphatic heterocycles. The lowest BCUT2D eigenvalue weighted by Crippen LogP contribution is -1.94. The van der Waals surface area contributed by atoms with Crippen molar-refractivity contribution >= 4 is 0 Å². The van der Waals surface area contributed by atoms with Crippen molar-refractivity contribution in [3.8, 4) is 6.07 Å². The van der Waals surface area contributed by atoms with Gasteiger partial charge in [0.25, 0.3) is 0 Å². The molecule has 0 radical (unpaired) electrons. The molecule has 1 nitrogen and oxygen atoms in total. The zero-order valence-corrected chi connectivity index (χ0v) is 7.34. The summed E-state index contributed by atoms with van der Waals surface area (Å²) in [6.07, 6.45) is 7.38. The molecule has 0 heterocycles. The third-order valence-electron chi connectivity index (χ3n) is 1.79. The van der Waals surface area contributed by atoms with E-state index in [0.29, 0.717) is 0 Å². The highest BCUT2D eigenvalue weighted by molar-refractivity contribution is 4.87. The van der Waals surface area contributed by atoms with E-state index in [9.17, 15) is 0 Å². The summed E-state index contributed by atoms with van der Waals surface area (Å²) in [5.74, 6) is 0.207. The van der Waals surface area contributed by atoms with Gasteiger partial charge in [0.2, 0.25) is 0 Å². The molecule has 1 heteroatoms. The van der Waals surface area contributed by atoms with E-state index in [1.165, 1.54) is 19.3 Å². The van der Waals surface area contributed by atoms with Crippen molar-refractivity contribution in [1.29, 1.82) is 5.26 Å². The van der Waals surface area contributed by atoms with Crippen LogP contribution in [0.4, 0.5) is 0 Å². The van der Waals surface area contributed by atoms with Crippen LogP contribution in [-0.4, -0.2) is 0 Å². The molecule has 62 valence electrons. The van der Waals surface area contributed by atoms with Gasteiger partial charge in [0.1, 0.15) is 0 Å². The predicted molar refractivity (Wildman–Crippen MR) is 48.1 cm³/mol. The second-order valence-corrected chi connectivity index (χ2v) is 2.85. The van der Waals surface area contributed by atoms with Crippen LogP contribution in [0.2, 0.25) is 0 Å². The molecular formula is C10H17N. The molecule has 1 atom stereocenters. The van der Waals surface area contributed by atoms with Crippen LogP contribution in [0.15, 0.2) is 12.7 Å². The minimum Gasteiger partial charge on any atom is -0.198 e. The molecule has 0 aliphatic rings. The molecule has 0 aromatic carbocycles. The molecule has 0 saturated carbocycles. The van der Waals surface area contributed by atoms with Crippen LogP contribution in [-0.2, 0) is 0 Å². The van der Waals surface area contributed by atoms with Crippen molar-refractivity contribution in [3.63, 3.8) is 0 Å². The maximum atomic E-state index is 8.66. The fraction of sp³-hybridized carbons (Fsp3) is 0.700. The number of nitrogens with zero attached hydrogens (tertiary/aromatic N) is 1. The summed E-state index contributed by atoms with van der Waals surface area (Å²) in [5, 5.41) is 8.66. The van der Waals surface area contributed by atoms with Gasteiger partial charge in [-0.05, 0) is 12.8 Å². The van der Waals surface area contributed by atoms with Gasteiger partial charge in [0, 0.05) is 5.92 Å². The Kier molecular flexibility index (Phi) is 6.82.